The predicted octanol–water partition coefficient (Wildman–Crippen LogP) is 3.64. The first-order chi connectivity index (χ1) is 11.3. The summed E-state index contributed by atoms with van der Waals surface area (Å²) in [4.78, 5) is 12.5. The molecule has 6 heteroatoms. The Morgan fingerprint density at radius 2 is 1.88 bits per heavy atom. The fraction of sp³-hybridized carbons (Fsp3) is 0.444. The van der Waals surface area contributed by atoms with Crippen LogP contribution in [0.2, 0.25) is 0 Å². The lowest BCUT2D eigenvalue weighted by Gasteiger charge is -2.40. The summed E-state index contributed by atoms with van der Waals surface area (Å²) in [5, 5.41) is 28.1. The molecule has 5 nitrogen and oxygen atoms in total. The number of carbonyl (C=O) groups excluding carboxylic acids is 1. The number of thioether (sulfide) groups is 1. The maximum absolute atomic E-state index is 12.0. The van der Waals surface area contributed by atoms with E-state index in [-0.39, 0.29) is 16.6 Å². The lowest BCUT2D eigenvalue weighted by Crippen LogP contribution is -2.31. The Hall–Kier alpha value is -2.49. The summed E-state index contributed by atoms with van der Waals surface area (Å²) >= 11 is 1.27. The van der Waals surface area contributed by atoms with Gasteiger partial charge < -0.3 is 4.74 Å². The summed E-state index contributed by atoms with van der Waals surface area (Å²) in [6.07, 6.45) is 4.32. The average molecular weight is 341 g/mol. The number of hydrogen-bond acceptors (Lipinski definition) is 6. The fourth-order valence-electron chi connectivity index (χ4n) is 3.18. The van der Waals surface area contributed by atoms with Crippen molar-refractivity contribution in [3.05, 3.63) is 33.3 Å². The number of carbonyl (C=O) groups is 1. The third-order valence-corrected chi connectivity index (χ3v) is 4.85. The van der Waals surface area contributed by atoms with Gasteiger partial charge in [-0.3, -0.25) is 0 Å². The van der Waals surface area contributed by atoms with Gasteiger partial charge in [0.15, 0.2) is 0 Å². The molecule has 0 spiro atoms. The van der Waals surface area contributed by atoms with Crippen LogP contribution in [0.1, 0.15) is 27.2 Å². The van der Waals surface area contributed by atoms with Crippen molar-refractivity contribution in [3.63, 3.8) is 0 Å². The van der Waals surface area contributed by atoms with Crippen molar-refractivity contribution < 1.29 is 9.53 Å². The van der Waals surface area contributed by atoms with Crippen molar-refractivity contribution in [2.75, 3.05) is 13.4 Å². The zero-order valence-corrected chi connectivity index (χ0v) is 15.2. The number of nitriles is 3. The van der Waals surface area contributed by atoms with Crippen molar-refractivity contribution in [1.82, 2.24) is 0 Å². The van der Waals surface area contributed by atoms with Gasteiger partial charge in [-0.2, -0.15) is 15.8 Å². The highest BCUT2D eigenvalue weighted by Gasteiger charge is 2.41. The normalized spacial score (nSPS) is 19.8. The minimum atomic E-state index is -0.709. The number of ether oxygens (including phenoxy) is 1. The van der Waals surface area contributed by atoms with Crippen molar-refractivity contribution in [2.24, 2.45) is 11.3 Å². The minimum Gasteiger partial charge on any atom is -0.465 e. The van der Waals surface area contributed by atoms with Crippen LogP contribution in [0.3, 0.4) is 0 Å². The zero-order chi connectivity index (χ0) is 18.5. The molecule has 1 aliphatic carbocycles. The summed E-state index contributed by atoms with van der Waals surface area (Å²) in [6.45, 7) is 5.95. The molecule has 1 aliphatic rings. The van der Waals surface area contributed by atoms with Crippen LogP contribution in [-0.2, 0) is 9.53 Å². The molecular formula is C18H19N3O2S. The molecule has 0 aromatic rings. The monoisotopic (exact) mass is 341 g/mol. The summed E-state index contributed by atoms with van der Waals surface area (Å²) in [6, 6.07) is 5.78. The van der Waals surface area contributed by atoms with Gasteiger partial charge in [-0.05, 0) is 30.6 Å². The average Bonchev–Trinajstić information content (AvgIpc) is 2.53. The summed E-state index contributed by atoms with van der Waals surface area (Å²) in [5.74, 6) is -1.11. The molecule has 0 N–H and O–H groups in total. The summed E-state index contributed by atoms with van der Waals surface area (Å²) in [5.41, 5.74) is 1.16. The molecule has 0 aromatic heterocycles. The Morgan fingerprint density at radius 1 is 1.29 bits per heavy atom. The SMILES string of the molecule is COC(=O)/C(C#N)=C(\SC)[C@H]1C(=C(C#N)C#N)C=C(C)CC1(C)C. The van der Waals surface area contributed by atoms with Crippen LogP contribution in [0.25, 0.3) is 0 Å². The lowest BCUT2D eigenvalue weighted by molar-refractivity contribution is -0.135. The van der Waals surface area contributed by atoms with Crippen molar-refractivity contribution >= 4 is 17.7 Å². The molecule has 0 unspecified atom stereocenters. The van der Waals surface area contributed by atoms with Crippen LogP contribution < -0.4 is 0 Å². The largest absolute Gasteiger partial charge is 0.465 e. The number of nitrogens with zero attached hydrogens (tertiary/aromatic N) is 3. The molecule has 124 valence electrons. The van der Waals surface area contributed by atoms with Crippen LogP contribution >= 0.6 is 11.8 Å². The highest BCUT2D eigenvalue weighted by molar-refractivity contribution is 8.02. The van der Waals surface area contributed by atoms with E-state index in [0.29, 0.717) is 10.5 Å². The smallest absolute Gasteiger partial charge is 0.349 e. The number of rotatable bonds is 3. The van der Waals surface area contributed by atoms with E-state index in [9.17, 15) is 20.6 Å². The topological polar surface area (TPSA) is 97.7 Å². The molecule has 1 atom stereocenters. The highest BCUT2D eigenvalue weighted by Crippen LogP contribution is 2.50. The Bertz CT molecular complexity index is 752. The van der Waals surface area contributed by atoms with E-state index >= 15 is 0 Å². The van der Waals surface area contributed by atoms with Gasteiger partial charge in [-0.25, -0.2) is 4.79 Å². The quantitative estimate of drug-likeness (QED) is 0.441. The zero-order valence-electron chi connectivity index (χ0n) is 14.4. The Balaban J connectivity index is 3.85. The van der Waals surface area contributed by atoms with Gasteiger partial charge in [0.25, 0.3) is 0 Å². The van der Waals surface area contributed by atoms with Gasteiger partial charge in [0.2, 0.25) is 0 Å². The van der Waals surface area contributed by atoms with Crippen LogP contribution in [0, 0.1) is 45.3 Å². The van der Waals surface area contributed by atoms with Crippen molar-refractivity contribution in [3.8, 4) is 18.2 Å². The minimum absolute atomic E-state index is 0.000769. The second-order valence-electron chi connectivity index (χ2n) is 6.19. The fourth-order valence-corrected chi connectivity index (χ4v) is 4.19. The molecule has 0 radical (unpaired) electrons. The molecule has 0 saturated heterocycles. The van der Waals surface area contributed by atoms with E-state index in [0.717, 1.165) is 12.0 Å². The van der Waals surface area contributed by atoms with E-state index in [4.69, 9.17) is 4.74 Å². The number of methoxy groups -OCH3 is 1. The Morgan fingerprint density at radius 3 is 2.29 bits per heavy atom. The lowest BCUT2D eigenvalue weighted by atomic mass is 9.65. The van der Waals surface area contributed by atoms with E-state index in [2.05, 4.69) is 0 Å². The van der Waals surface area contributed by atoms with E-state index in [1.165, 1.54) is 18.9 Å². The number of allylic oxidation sites excluding steroid dienone is 5. The van der Waals surface area contributed by atoms with Gasteiger partial charge in [0.1, 0.15) is 29.4 Å². The summed E-state index contributed by atoms with van der Waals surface area (Å²) < 4.78 is 4.72. The highest BCUT2D eigenvalue weighted by atomic mass is 32.2. The number of hydrogen-bond donors (Lipinski definition) is 0. The third-order valence-electron chi connectivity index (χ3n) is 3.97. The third kappa shape index (κ3) is 3.70. The van der Waals surface area contributed by atoms with Crippen LogP contribution in [0.4, 0.5) is 0 Å². The molecule has 0 aliphatic heterocycles. The molecule has 0 amide bonds. The predicted molar refractivity (Wildman–Crippen MR) is 92.1 cm³/mol. The molecular weight excluding hydrogens is 322 g/mol. The first kappa shape index (κ1) is 19.6. The van der Waals surface area contributed by atoms with E-state index in [1.54, 1.807) is 6.26 Å². The van der Waals surface area contributed by atoms with Crippen LogP contribution in [0.15, 0.2) is 33.3 Å². The van der Waals surface area contributed by atoms with E-state index in [1.807, 2.05) is 45.1 Å². The second-order valence-corrected chi connectivity index (χ2v) is 7.04. The van der Waals surface area contributed by atoms with Crippen molar-refractivity contribution in [1.29, 1.82) is 15.8 Å². The molecule has 0 bridgehead atoms. The van der Waals surface area contributed by atoms with Crippen LogP contribution in [0.5, 0.6) is 0 Å². The Kier molecular flexibility index (Phi) is 6.41. The molecule has 1 rings (SSSR count). The maximum Gasteiger partial charge on any atom is 0.349 e. The van der Waals surface area contributed by atoms with Crippen LogP contribution in [-0.4, -0.2) is 19.3 Å². The van der Waals surface area contributed by atoms with Gasteiger partial charge in [0, 0.05) is 10.8 Å². The number of esters is 1. The van der Waals surface area contributed by atoms with Gasteiger partial charge in [0.05, 0.1) is 7.11 Å². The molecule has 0 saturated carbocycles. The summed E-state index contributed by atoms with van der Waals surface area (Å²) in [7, 11) is 1.22. The Labute approximate surface area is 146 Å². The maximum atomic E-state index is 12.0. The van der Waals surface area contributed by atoms with Gasteiger partial charge >= 0.3 is 5.97 Å². The van der Waals surface area contributed by atoms with Gasteiger partial charge in [-0.15, -0.1) is 11.8 Å². The van der Waals surface area contributed by atoms with Gasteiger partial charge in [-0.1, -0.05) is 25.5 Å². The molecule has 24 heavy (non-hydrogen) atoms. The first-order valence-electron chi connectivity index (χ1n) is 7.25. The van der Waals surface area contributed by atoms with E-state index < -0.39 is 11.9 Å². The molecule has 0 heterocycles. The molecule has 0 aromatic carbocycles. The molecule has 0 fully saturated rings. The first-order valence-corrected chi connectivity index (χ1v) is 8.47. The second kappa shape index (κ2) is 7.86. The standard InChI is InChI=1S/C18H19N3O2S/c1-11-6-13(12(8-19)9-20)15(18(2,3)7-11)16(24-5)14(10-21)17(22)23-4/h6,15H,7H2,1-5H3/b16-14-/t15-/m1/s1. The van der Waals surface area contributed by atoms with Crippen molar-refractivity contribution in [2.45, 2.75) is 27.2 Å².